The third-order valence-corrected chi connectivity index (χ3v) is 2.74. The fourth-order valence-corrected chi connectivity index (χ4v) is 2.06. The largest absolute Gasteiger partial charge is 0.274 e. The van der Waals surface area contributed by atoms with Gasteiger partial charge in [-0.05, 0) is 18.9 Å². The van der Waals surface area contributed by atoms with Crippen LogP contribution in [0.4, 0.5) is 0 Å². The van der Waals surface area contributed by atoms with Crippen molar-refractivity contribution in [1.82, 2.24) is 0 Å². The number of rotatable bonds is 6. The molecule has 0 bridgehead atoms. The molecule has 0 radical (unpaired) electrons. The lowest BCUT2D eigenvalue weighted by atomic mass is 9.94. The number of nitrogens with zero attached hydrogens (tertiary/aromatic N) is 1. The van der Waals surface area contributed by atoms with E-state index in [9.17, 15) is 0 Å². The Morgan fingerprint density at radius 1 is 1.06 bits per heavy atom. The molecule has 0 aromatic carbocycles. The molecular weight excluding hydrogens is 222 g/mol. The monoisotopic (exact) mass is 252 g/mol. The van der Waals surface area contributed by atoms with E-state index in [1.807, 2.05) is 17.0 Å². The van der Waals surface area contributed by atoms with E-state index in [4.69, 9.17) is 4.84 Å². The zero-order chi connectivity index (χ0) is 13.8. The minimum absolute atomic E-state index is 0.626. The normalized spacial score (nSPS) is 9.89. The Morgan fingerprint density at radius 3 is 2.06 bits per heavy atom. The molecule has 2 heteroatoms. The van der Waals surface area contributed by atoms with Gasteiger partial charge in [0.15, 0.2) is 0 Å². The van der Waals surface area contributed by atoms with Crippen molar-refractivity contribution in [2.75, 3.05) is 7.11 Å². The first-order valence-corrected chi connectivity index (χ1v) is 7.29. The van der Waals surface area contributed by atoms with Crippen molar-refractivity contribution < 1.29 is 9.57 Å². The lowest BCUT2D eigenvalue weighted by Crippen LogP contribution is -2.45. The van der Waals surface area contributed by atoms with Gasteiger partial charge in [0, 0.05) is 22.8 Å². The molecule has 1 heterocycles. The Labute approximate surface area is 113 Å². The minimum atomic E-state index is 0.626. The molecule has 0 aliphatic heterocycles. The molecule has 18 heavy (non-hydrogen) atoms. The summed E-state index contributed by atoms with van der Waals surface area (Å²) < 4.78 is 1.88. The summed E-state index contributed by atoms with van der Waals surface area (Å²) in [6.07, 6.45) is 8.16. The fourth-order valence-electron chi connectivity index (χ4n) is 2.06. The smallest absolute Gasteiger partial charge is 0.237 e. The maximum atomic E-state index is 5.34. The number of hydrogen-bond donors (Lipinski definition) is 0. The molecule has 0 amide bonds. The highest BCUT2D eigenvalue weighted by Gasteiger charge is 2.21. The van der Waals surface area contributed by atoms with E-state index in [1.165, 1.54) is 37.8 Å². The van der Waals surface area contributed by atoms with Crippen LogP contribution in [0.3, 0.4) is 0 Å². The SMILES string of the molecule is CCC.CCCC(CCC)c1cccc[n+]1OC. The van der Waals surface area contributed by atoms with E-state index in [2.05, 4.69) is 39.8 Å². The highest BCUT2D eigenvalue weighted by Crippen LogP contribution is 2.23. The van der Waals surface area contributed by atoms with Gasteiger partial charge in [-0.3, -0.25) is 4.84 Å². The second-order valence-corrected chi connectivity index (χ2v) is 4.62. The predicted molar refractivity (Wildman–Crippen MR) is 77.7 cm³/mol. The molecule has 1 rings (SSSR count). The molecule has 104 valence electrons. The van der Waals surface area contributed by atoms with Crippen LogP contribution in [0.2, 0.25) is 0 Å². The maximum Gasteiger partial charge on any atom is 0.237 e. The van der Waals surface area contributed by atoms with Crippen molar-refractivity contribution in [1.29, 1.82) is 0 Å². The third-order valence-electron chi connectivity index (χ3n) is 2.74. The number of hydrogen-bond acceptors (Lipinski definition) is 1. The van der Waals surface area contributed by atoms with E-state index in [0.29, 0.717) is 5.92 Å². The molecule has 0 saturated heterocycles. The topological polar surface area (TPSA) is 13.1 Å². The molecule has 0 N–H and O–H groups in total. The summed E-state index contributed by atoms with van der Waals surface area (Å²) in [6, 6.07) is 6.25. The minimum Gasteiger partial charge on any atom is -0.274 e. The van der Waals surface area contributed by atoms with E-state index < -0.39 is 0 Å². The first kappa shape index (κ1) is 16.9. The van der Waals surface area contributed by atoms with Crippen LogP contribution in [0.1, 0.15) is 71.4 Å². The van der Waals surface area contributed by atoms with E-state index >= 15 is 0 Å². The van der Waals surface area contributed by atoms with Crippen LogP contribution >= 0.6 is 0 Å². The lowest BCUT2D eigenvalue weighted by Gasteiger charge is -2.11. The van der Waals surface area contributed by atoms with Crippen LogP contribution in [0.15, 0.2) is 24.4 Å². The van der Waals surface area contributed by atoms with Gasteiger partial charge in [0.05, 0.1) is 0 Å². The summed E-state index contributed by atoms with van der Waals surface area (Å²) >= 11 is 0. The van der Waals surface area contributed by atoms with Gasteiger partial charge < -0.3 is 0 Å². The van der Waals surface area contributed by atoms with Gasteiger partial charge >= 0.3 is 0 Å². The van der Waals surface area contributed by atoms with Crippen molar-refractivity contribution in [3.05, 3.63) is 30.1 Å². The highest BCUT2D eigenvalue weighted by molar-refractivity contribution is 5.03. The predicted octanol–water partition coefficient (Wildman–Crippen LogP) is 4.13. The van der Waals surface area contributed by atoms with Gasteiger partial charge in [-0.1, -0.05) is 47.0 Å². The van der Waals surface area contributed by atoms with Crippen LogP contribution < -0.4 is 9.57 Å². The van der Waals surface area contributed by atoms with Gasteiger partial charge in [0.2, 0.25) is 11.9 Å². The first-order chi connectivity index (χ1) is 8.74. The highest BCUT2D eigenvalue weighted by atomic mass is 16.6. The molecule has 0 spiro atoms. The molecule has 1 aromatic rings. The quantitative estimate of drug-likeness (QED) is 0.694. The van der Waals surface area contributed by atoms with Gasteiger partial charge in [-0.2, -0.15) is 0 Å². The standard InChI is InChI=1S/C13H22NO.C3H8/c1-4-8-12(9-5-2)13-10-6-7-11-14(13)15-3;1-3-2/h6-7,10-12H,4-5,8-9H2,1-3H3;3H2,1-2H3/q+1;. The Hall–Kier alpha value is -1.05. The van der Waals surface area contributed by atoms with Crippen LogP contribution in [0, 0.1) is 0 Å². The molecule has 0 aliphatic rings. The van der Waals surface area contributed by atoms with Gasteiger partial charge in [0.1, 0.15) is 7.11 Å². The molecule has 0 fully saturated rings. The summed E-state index contributed by atoms with van der Waals surface area (Å²) in [7, 11) is 1.72. The van der Waals surface area contributed by atoms with Gasteiger partial charge in [-0.15, -0.1) is 0 Å². The Bertz CT molecular complexity index is 293. The van der Waals surface area contributed by atoms with E-state index in [1.54, 1.807) is 7.11 Å². The van der Waals surface area contributed by atoms with Crippen molar-refractivity contribution in [2.45, 2.75) is 65.7 Å². The number of pyridine rings is 1. The lowest BCUT2D eigenvalue weighted by molar-refractivity contribution is -0.891. The molecule has 0 aliphatic carbocycles. The average molecular weight is 252 g/mol. The zero-order valence-electron chi connectivity index (χ0n) is 12.8. The maximum absolute atomic E-state index is 5.34. The first-order valence-electron chi connectivity index (χ1n) is 7.29. The van der Waals surface area contributed by atoms with Crippen molar-refractivity contribution in [3.63, 3.8) is 0 Å². The average Bonchev–Trinajstić information content (AvgIpc) is 2.39. The van der Waals surface area contributed by atoms with Crippen LogP contribution in [0.5, 0.6) is 0 Å². The van der Waals surface area contributed by atoms with Crippen LogP contribution in [0.25, 0.3) is 0 Å². The van der Waals surface area contributed by atoms with Crippen molar-refractivity contribution in [2.24, 2.45) is 0 Å². The van der Waals surface area contributed by atoms with Crippen molar-refractivity contribution in [3.8, 4) is 0 Å². The molecule has 0 saturated carbocycles. The molecule has 0 atom stereocenters. The summed E-state index contributed by atoms with van der Waals surface area (Å²) in [4.78, 5) is 5.34. The Morgan fingerprint density at radius 2 is 1.61 bits per heavy atom. The number of aromatic nitrogens is 1. The van der Waals surface area contributed by atoms with E-state index in [0.717, 1.165) is 0 Å². The Kier molecular flexibility index (Phi) is 10.4. The Balaban J connectivity index is 0.000000873. The van der Waals surface area contributed by atoms with Gasteiger partial charge in [0.25, 0.3) is 0 Å². The van der Waals surface area contributed by atoms with Gasteiger partial charge in [-0.25, -0.2) is 0 Å². The fraction of sp³-hybridized carbons (Fsp3) is 0.688. The molecule has 1 aromatic heterocycles. The summed E-state index contributed by atoms with van der Waals surface area (Å²) in [5.74, 6) is 0.626. The summed E-state index contributed by atoms with van der Waals surface area (Å²) in [5.41, 5.74) is 1.30. The summed E-state index contributed by atoms with van der Waals surface area (Å²) in [6.45, 7) is 8.73. The molecular formula is C16H30NO+. The molecule has 2 nitrogen and oxygen atoms in total. The van der Waals surface area contributed by atoms with Crippen molar-refractivity contribution >= 4 is 0 Å². The molecule has 0 unspecified atom stereocenters. The van der Waals surface area contributed by atoms with Crippen LogP contribution in [-0.2, 0) is 0 Å². The zero-order valence-corrected chi connectivity index (χ0v) is 12.8. The summed E-state index contributed by atoms with van der Waals surface area (Å²) in [5, 5.41) is 0. The van der Waals surface area contributed by atoms with E-state index in [-0.39, 0.29) is 0 Å². The third kappa shape index (κ3) is 6.04. The second kappa shape index (κ2) is 11.1. The van der Waals surface area contributed by atoms with Crippen LogP contribution in [-0.4, -0.2) is 7.11 Å². The second-order valence-electron chi connectivity index (χ2n) is 4.62.